The number of aliphatic hydroxyl groups is 1. The Kier molecular flexibility index (Phi) is 6.64. The molecule has 33 heavy (non-hydrogen) atoms. The molecule has 7 atom stereocenters. The van der Waals surface area contributed by atoms with E-state index in [0.29, 0.717) is 17.8 Å². The van der Waals surface area contributed by atoms with Gasteiger partial charge in [-0.2, -0.15) is 0 Å². The maximum Gasteiger partial charge on any atom is 0.326 e. The highest BCUT2D eigenvalue weighted by Gasteiger charge is 2.58. The molecular formula is C26H40N2O5. The SMILES string of the molecule is CC(C)[C@H](NC(=O)CON=C1C=C2CC[C@@H]3[C@@H]4CC[C@@H](O)[C@@]4(C)CC[C@@H]3[C@@]2(C)CC1)C(=O)O. The van der Waals surface area contributed by atoms with Gasteiger partial charge in [-0.25, -0.2) is 4.79 Å². The van der Waals surface area contributed by atoms with Crippen molar-refractivity contribution >= 4 is 17.6 Å². The van der Waals surface area contributed by atoms with Crippen LogP contribution >= 0.6 is 0 Å². The molecular weight excluding hydrogens is 420 g/mol. The van der Waals surface area contributed by atoms with Crippen LogP contribution in [-0.4, -0.2) is 46.6 Å². The topological polar surface area (TPSA) is 108 Å². The van der Waals surface area contributed by atoms with Gasteiger partial charge in [-0.1, -0.05) is 38.4 Å². The summed E-state index contributed by atoms with van der Waals surface area (Å²) >= 11 is 0. The number of rotatable bonds is 6. The zero-order valence-electron chi connectivity index (χ0n) is 20.5. The second-order valence-electron chi connectivity index (χ2n) is 11.6. The number of carboxylic acid groups (broad SMARTS) is 1. The lowest BCUT2D eigenvalue weighted by Crippen LogP contribution is -2.51. The number of aliphatic hydroxyl groups excluding tert-OH is 1. The summed E-state index contributed by atoms with van der Waals surface area (Å²) in [6.45, 7) is 7.96. The smallest absolute Gasteiger partial charge is 0.326 e. The Labute approximate surface area is 197 Å². The summed E-state index contributed by atoms with van der Waals surface area (Å²) in [5, 5.41) is 26.6. The summed E-state index contributed by atoms with van der Waals surface area (Å²) in [4.78, 5) is 28.6. The van der Waals surface area contributed by atoms with E-state index in [1.165, 1.54) is 18.4 Å². The number of amides is 1. The third kappa shape index (κ3) is 4.33. The number of fused-ring (bicyclic) bond motifs is 5. The maximum absolute atomic E-state index is 12.1. The largest absolute Gasteiger partial charge is 0.480 e. The lowest BCUT2D eigenvalue weighted by Gasteiger charge is -2.57. The highest BCUT2D eigenvalue weighted by molar-refractivity contribution is 5.96. The minimum absolute atomic E-state index is 0.101. The van der Waals surface area contributed by atoms with Crippen LogP contribution in [0, 0.1) is 34.5 Å². The number of carbonyl (C=O) groups excluding carboxylic acids is 1. The first-order chi connectivity index (χ1) is 15.6. The molecule has 0 heterocycles. The van der Waals surface area contributed by atoms with Gasteiger partial charge in [0.15, 0.2) is 6.61 Å². The Morgan fingerprint density at radius 2 is 1.91 bits per heavy atom. The van der Waals surface area contributed by atoms with Gasteiger partial charge in [-0.15, -0.1) is 0 Å². The molecule has 4 rings (SSSR count). The standard InChI is InChI=1S/C26H40N2O5/c1-15(2)23(24(31)32)27-22(30)14-33-28-17-9-11-25(3)16(13-17)5-6-18-19-7-8-21(29)26(19,4)12-10-20(18)25/h13,15,18-21,23,29H,5-12,14H2,1-4H3,(H,27,30)(H,31,32)/t18-,19+,20+,21-,23+,25+,26+/m1/s1. The molecule has 7 nitrogen and oxygen atoms in total. The van der Waals surface area contributed by atoms with Crippen LogP contribution in [0.3, 0.4) is 0 Å². The number of nitrogens with one attached hydrogen (secondary N) is 1. The van der Waals surface area contributed by atoms with Crippen molar-refractivity contribution in [3.05, 3.63) is 11.6 Å². The Hall–Kier alpha value is -1.89. The fourth-order valence-corrected chi connectivity index (χ4v) is 7.52. The fourth-order valence-electron chi connectivity index (χ4n) is 7.52. The normalized spacial score (nSPS) is 39.8. The fraction of sp³-hybridized carbons (Fsp3) is 0.808. The van der Waals surface area contributed by atoms with Gasteiger partial charge in [-0.3, -0.25) is 4.79 Å². The van der Waals surface area contributed by atoms with Gasteiger partial charge in [0, 0.05) is 0 Å². The predicted octanol–water partition coefficient (Wildman–Crippen LogP) is 3.91. The first-order valence-corrected chi connectivity index (χ1v) is 12.7. The van der Waals surface area contributed by atoms with E-state index in [-0.39, 0.29) is 29.5 Å². The summed E-state index contributed by atoms with van der Waals surface area (Å²) in [6.07, 6.45) is 10.6. The molecule has 0 radical (unpaired) electrons. The van der Waals surface area contributed by atoms with Crippen molar-refractivity contribution in [3.8, 4) is 0 Å². The summed E-state index contributed by atoms with van der Waals surface area (Å²) < 4.78 is 0. The van der Waals surface area contributed by atoms with Crippen LogP contribution in [0.4, 0.5) is 0 Å². The molecule has 184 valence electrons. The average Bonchev–Trinajstić information content (AvgIpc) is 3.06. The molecule has 0 aromatic rings. The molecule has 4 aliphatic rings. The van der Waals surface area contributed by atoms with Gasteiger partial charge in [0.05, 0.1) is 11.8 Å². The molecule has 3 N–H and O–H groups in total. The number of aliphatic carboxylic acids is 1. The monoisotopic (exact) mass is 460 g/mol. The van der Waals surface area contributed by atoms with E-state index in [1.807, 2.05) is 0 Å². The third-order valence-corrected chi connectivity index (χ3v) is 9.55. The first-order valence-electron chi connectivity index (χ1n) is 12.7. The van der Waals surface area contributed by atoms with Crippen molar-refractivity contribution in [1.29, 1.82) is 0 Å². The van der Waals surface area contributed by atoms with Gasteiger partial charge in [0.25, 0.3) is 5.91 Å². The molecule has 0 spiro atoms. The molecule has 0 bridgehead atoms. The van der Waals surface area contributed by atoms with Gasteiger partial charge in [0.2, 0.25) is 0 Å². The Morgan fingerprint density at radius 3 is 2.61 bits per heavy atom. The van der Waals surface area contributed by atoms with Crippen molar-refractivity contribution in [2.24, 2.45) is 39.7 Å². The number of carbonyl (C=O) groups is 2. The van der Waals surface area contributed by atoms with Gasteiger partial charge < -0.3 is 20.4 Å². The number of carboxylic acids is 1. The van der Waals surface area contributed by atoms with Crippen molar-refractivity contribution in [1.82, 2.24) is 5.32 Å². The quantitative estimate of drug-likeness (QED) is 0.521. The van der Waals surface area contributed by atoms with Crippen LogP contribution in [0.5, 0.6) is 0 Å². The van der Waals surface area contributed by atoms with Crippen LogP contribution in [0.2, 0.25) is 0 Å². The Bertz CT molecular complexity index is 852. The second kappa shape index (κ2) is 9.05. The van der Waals surface area contributed by atoms with Crippen molar-refractivity contribution in [2.75, 3.05) is 6.61 Å². The highest BCUT2D eigenvalue weighted by Crippen LogP contribution is 2.65. The van der Waals surface area contributed by atoms with E-state index in [9.17, 15) is 19.8 Å². The summed E-state index contributed by atoms with van der Waals surface area (Å²) in [5.74, 6) is 0.272. The van der Waals surface area contributed by atoms with E-state index < -0.39 is 17.9 Å². The first kappa shape index (κ1) is 24.2. The van der Waals surface area contributed by atoms with E-state index in [4.69, 9.17) is 4.84 Å². The Balaban J connectivity index is 1.39. The minimum Gasteiger partial charge on any atom is -0.480 e. The molecule has 1 amide bonds. The van der Waals surface area contributed by atoms with Crippen LogP contribution in [0.1, 0.15) is 79.1 Å². The maximum atomic E-state index is 12.1. The highest BCUT2D eigenvalue weighted by atomic mass is 16.6. The lowest BCUT2D eigenvalue weighted by molar-refractivity contribution is -0.143. The number of hydrogen-bond donors (Lipinski definition) is 3. The summed E-state index contributed by atoms with van der Waals surface area (Å²) in [7, 11) is 0. The van der Waals surface area contributed by atoms with Crippen molar-refractivity contribution in [3.63, 3.8) is 0 Å². The van der Waals surface area contributed by atoms with E-state index >= 15 is 0 Å². The molecule has 3 fully saturated rings. The number of nitrogens with zero attached hydrogens (tertiary/aromatic N) is 1. The van der Waals surface area contributed by atoms with Crippen LogP contribution in [0.25, 0.3) is 0 Å². The third-order valence-electron chi connectivity index (χ3n) is 9.55. The molecule has 0 aliphatic heterocycles. The van der Waals surface area contributed by atoms with Crippen LogP contribution in [-0.2, 0) is 14.4 Å². The molecule has 3 saturated carbocycles. The van der Waals surface area contributed by atoms with Crippen molar-refractivity contribution < 1.29 is 24.6 Å². The zero-order chi connectivity index (χ0) is 24.0. The number of hydrogen-bond acceptors (Lipinski definition) is 5. The van der Waals surface area contributed by atoms with E-state index in [0.717, 1.165) is 44.2 Å². The average molecular weight is 461 g/mol. The molecule has 0 saturated heterocycles. The van der Waals surface area contributed by atoms with E-state index in [1.54, 1.807) is 13.8 Å². The summed E-state index contributed by atoms with van der Waals surface area (Å²) in [5.41, 5.74) is 2.60. The molecule has 0 unspecified atom stereocenters. The van der Waals surface area contributed by atoms with Gasteiger partial charge in [-0.05, 0) is 91.9 Å². The lowest BCUT2D eigenvalue weighted by atomic mass is 9.47. The molecule has 0 aromatic carbocycles. The Morgan fingerprint density at radius 1 is 1.15 bits per heavy atom. The minimum atomic E-state index is -1.05. The second-order valence-corrected chi connectivity index (χ2v) is 11.6. The predicted molar refractivity (Wildman–Crippen MR) is 126 cm³/mol. The molecule has 7 heteroatoms. The molecule has 0 aromatic heterocycles. The van der Waals surface area contributed by atoms with Crippen LogP contribution in [0.15, 0.2) is 16.8 Å². The zero-order valence-corrected chi connectivity index (χ0v) is 20.5. The summed E-state index contributed by atoms with van der Waals surface area (Å²) in [6, 6.07) is -0.931. The molecule has 4 aliphatic carbocycles. The van der Waals surface area contributed by atoms with Crippen molar-refractivity contribution in [2.45, 2.75) is 91.2 Å². The van der Waals surface area contributed by atoms with E-state index in [2.05, 4.69) is 30.4 Å². The number of allylic oxidation sites excluding steroid dienone is 2. The number of oxime groups is 1. The van der Waals surface area contributed by atoms with Gasteiger partial charge in [0.1, 0.15) is 6.04 Å². The van der Waals surface area contributed by atoms with Gasteiger partial charge >= 0.3 is 5.97 Å². The van der Waals surface area contributed by atoms with Crippen LogP contribution < -0.4 is 5.32 Å².